The average Bonchev–Trinajstić information content (AvgIpc) is 3.84. The predicted molar refractivity (Wildman–Crippen MR) is 263 cm³/mol. The number of nitrogens with zero attached hydrogens (tertiary/aromatic N) is 2. The number of benzene rings is 7. The smallest absolute Gasteiger partial charge is 0.333 e. The van der Waals surface area contributed by atoms with E-state index < -0.39 is 0 Å². The molecular formula is C57H51BN2S. The summed E-state index contributed by atoms with van der Waals surface area (Å²) in [6, 6.07) is 51.9. The molecule has 4 heteroatoms. The molecule has 1 saturated carbocycles. The first-order valence-electron chi connectivity index (χ1n) is 22.9. The van der Waals surface area contributed by atoms with Gasteiger partial charge in [-0.15, -0.1) is 11.3 Å². The fourth-order valence-electron chi connectivity index (χ4n) is 13.2. The Morgan fingerprint density at radius 1 is 0.607 bits per heavy atom. The molecule has 8 aromatic rings. The Morgan fingerprint density at radius 2 is 1.36 bits per heavy atom. The Labute approximate surface area is 365 Å². The van der Waals surface area contributed by atoms with Gasteiger partial charge in [0.05, 0.1) is 5.54 Å². The lowest BCUT2D eigenvalue weighted by Crippen LogP contribution is -2.65. The number of hydrogen-bond donors (Lipinski definition) is 0. The largest absolute Gasteiger partial charge is 0.376 e. The molecule has 0 radical (unpaired) electrons. The van der Waals surface area contributed by atoms with Crippen LogP contribution in [0.4, 0.5) is 22.7 Å². The lowest BCUT2D eigenvalue weighted by molar-refractivity contribution is 0.194. The van der Waals surface area contributed by atoms with Crippen molar-refractivity contribution in [2.75, 3.05) is 9.71 Å². The topological polar surface area (TPSA) is 6.48 Å². The first-order valence-corrected chi connectivity index (χ1v) is 23.7. The first-order chi connectivity index (χ1) is 29.7. The van der Waals surface area contributed by atoms with Crippen LogP contribution in [0.25, 0.3) is 53.6 Å². The maximum atomic E-state index is 2.99. The normalized spacial score (nSPS) is 21.0. The molecule has 1 aromatic heterocycles. The second-order valence-corrected chi connectivity index (χ2v) is 20.8. The molecule has 0 bridgehead atoms. The van der Waals surface area contributed by atoms with Gasteiger partial charge in [0.15, 0.2) is 0 Å². The van der Waals surface area contributed by atoms with E-state index in [4.69, 9.17) is 0 Å². The molecule has 2 atom stereocenters. The molecular weight excluding hydrogens is 756 g/mol. The number of thiophene rings is 1. The van der Waals surface area contributed by atoms with E-state index in [1.807, 2.05) is 11.3 Å². The number of hydrogen-bond acceptors (Lipinski definition) is 3. The Bertz CT molecular complexity index is 3180. The van der Waals surface area contributed by atoms with Gasteiger partial charge in [-0.05, 0) is 118 Å². The molecule has 7 aromatic carbocycles. The second-order valence-electron chi connectivity index (χ2n) is 19.7. The van der Waals surface area contributed by atoms with Crippen molar-refractivity contribution in [1.29, 1.82) is 0 Å². The van der Waals surface area contributed by atoms with Gasteiger partial charge in [0, 0.05) is 64.9 Å². The number of unbranched alkanes of at least 4 members (excludes halogenated alkanes) is 1. The number of anilines is 4. The van der Waals surface area contributed by atoms with E-state index in [1.54, 1.807) is 5.56 Å². The molecule has 3 aliphatic heterocycles. The molecule has 0 N–H and O–H groups in total. The molecule has 4 heterocycles. The van der Waals surface area contributed by atoms with Crippen LogP contribution in [0.15, 0.2) is 133 Å². The third-order valence-corrected chi connectivity index (χ3v) is 17.4. The molecule has 298 valence electrons. The standard InChI is InChI=1S/C57H51BN2S/c1-6-7-19-35-30-45-53-46(31-35)58-52-43(32-42-38-23-11-14-25-44(38)55(2,3)51(42)54(52)59(53)57(5)29-18-17-28-56(45,57)4)40-34-50-41(39-24-13-16-27-49(39)61-50)33-48(40)60(58)47-26-15-12-22-37(47)36-20-9-8-10-21-36/h8-16,20-27,30-34H,6-7,17-19,28-29H2,1-5H3. The van der Waals surface area contributed by atoms with Gasteiger partial charge in [-0.2, -0.15) is 0 Å². The van der Waals surface area contributed by atoms with Crippen LogP contribution in [0, 0.1) is 0 Å². The van der Waals surface area contributed by atoms with Gasteiger partial charge in [0.2, 0.25) is 0 Å². The monoisotopic (exact) mass is 806 g/mol. The van der Waals surface area contributed by atoms with E-state index in [9.17, 15) is 0 Å². The number of rotatable bonds is 5. The van der Waals surface area contributed by atoms with Gasteiger partial charge in [-0.1, -0.05) is 150 Å². The summed E-state index contributed by atoms with van der Waals surface area (Å²) in [5.41, 5.74) is 22.5. The molecule has 2 unspecified atom stereocenters. The van der Waals surface area contributed by atoms with Gasteiger partial charge in [0.1, 0.15) is 0 Å². The highest BCUT2D eigenvalue weighted by Crippen LogP contribution is 2.66. The second kappa shape index (κ2) is 12.5. The highest BCUT2D eigenvalue weighted by atomic mass is 32.1. The van der Waals surface area contributed by atoms with Gasteiger partial charge >= 0.3 is 6.85 Å². The van der Waals surface area contributed by atoms with Crippen LogP contribution in [0.3, 0.4) is 0 Å². The summed E-state index contributed by atoms with van der Waals surface area (Å²) in [7, 11) is 0. The van der Waals surface area contributed by atoms with Gasteiger partial charge in [-0.3, -0.25) is 0 Å². The van der Waals surface area contributed by atoms with Gasteiger partial charge < -0.3 is 9.71 Å². The van der Waals surface area contributed by atoms with Crippen LogP contribution in [-0.2, 0) is 17.3 Å². The Morgan fingerprint density at radius 3 is 2.21 bits per heavy atom. The van der Waals surface area contributed by atoms with Crippen molar-refractivity contribution in [1.82, 2.24) is 0 Å². The van der Waals surface area contributed by atoms with Crippen LogP contribution in [0.1, 0.15) is 95.4 Å². The zero-order chi connectivity index (χ0) is 41.0. The SMILES string of the molecule is CCCCc1cc2c3c(c1)C1(C)CCCCC1(C)N3c1c3c(cc4c1C(C)(C)c1ccccc1-4)-c1cc4sc5ccccc5c4cc1N(c1ccccc1-c1ccccc1)B23. The quantitative estimate of drug-likeness (QED) is 0.160. The van der Waals surface area contributed by atoms with Gasteiger partial charge in [-0.25, -0.2) is 0 Å². The molecule has 2 aliphatic carbocycles. The van der Waals surface area contributed by atoms with E-state index in [0.717, 1.165) is 6.42 Å². The minimum atomic E-state index is -0.175. The first kappa shape index (κ1) is 36.1. The van der Waals surface area contributed by atoms with Crippen molar-refractivity contribution >= 4 is 72.0 Å². The minimum absolute atomic E-state index is 0.0200. The van der Waals surface area contributed by atoms with Crippen LogP contribution in [0.5, 0.6) is 0 Å². The van der Waals surface area contributed by atoms with E-state index in [2.05, 4.69) is 178 Å². The predicted octanol–water partition coefficient (Wildman–Crippen LogP) is 14.4. The summed E-state index contributed by atoms with van der Waals surface area (Å²) < 4.78 is 2.71. The van der Waals surface area contributed by atoms with Crippen LogP contribution in [0.2, 0.25) is 0 Å². The Kier molecular flexibility index (Phi) is 7.41. The Hall–Kier alpha value is -5.58. The molecule has 5 aliphatic rings. The van der Waals surface area contributed by atoms with Crippen molar-refractivity contribution in [3.05, 3.63) is 156 Å². The van der Waals surface area contributed by atoms with E-state index >= 15 is 0 Å². The maximum Gasteiger partial charge on any atom is 0.333 e. The van der Waals surface area contributed by atoms with Crippen molar-refractivity contribution in [3.63, 3.8) is 0 Å². The highest BCUT2D eigenvalue weighted by Gasteiger charge is 2.63. The number of fused-ring (bicyclic) bond motifs is 14. The minimum Gasteiger partial charge on any atom is -0.376 e. The summed E-state index contributed by atoms with van der Waals surface area (Å²) >= 11 is 1.94. The fourth-order valence-corrected chi connectivity index (χ4v) is 14.3. The molecule has 2 nitrogen and oxygen atoms in total. The van der Waals surface area contributed by atoms with E-state index in [-0.39, 0.29) is 23.2 Å². The lowest BCUT2D eigenvalue weighted by Gasteiger charge is -2.54. The summed E-state index contributed by atoms with van der Waals surface area (Å²) in [5.74, 6) is 0. The summed E-state index contributed by atoms with van der Waals surface area (Å²) in [6.07, 6.45) is 8.47. The average molecular weight is 807 g/mol. The molecule has 1 fully saturated rings. The number of para-hydroxylation sites is 1. The molecule has 0 spiro atoms. The van der Waals surface area contributed by atoms with Crippen LogP contribution >= 0.6 is 11.3 Å². The third-order valence-electron chi connectivity index (χ3n) is 16.3. The van der Waals surface area contributed by atoms with Crippen molar-refractivity contribution in [2.45, 2.75) is 95.9 Å². The summed E-state index contributed by atoms with van der Waals surface area (Å²) in [5, 5.41) is 2.70. The Balaban J connectivity index is 1.24. The van der Waals surface area contributed by atoms with E-state index in [1.165, 1.54) is 142 Å². The fraction of sp³-hybridized carbons (Fsp3) is 0.263. The van der Waals surface area contributed by atoms with Crippen molar-refractivity contribution in [3.8, 4) is 33.4 Å². The third kappa shape index (κ3) is 4.54. The molecule has 13 rings (SSSR count). The maximum absolute atomic E-state index is 2.99. The van der Waals surface area contributed by atoms with Crippen molar-refractivity contribution < 1.29 is 0 Å². The van der Waals surface area contributed by atoms with Crippen LogP contribution < -0.4 is 20.6 Å². The highest BCUT2D eigenvalue weighted by molar-refractivity contribution is 7.25. The number of aryl methyl sites for hydroxylation is 1. The summed E-state index contributed by atoms with van der Waals surface area (Å²) in [6.45, 7) is 12.7. The lowest BCUT2D eigenvalue weighted by atomic mass is 9.42. The van der Waals surface area contributed by atoms with Crippen molar-refractivity contribution in [2.24, 2.45) is 0 Å². The van der Waals surface area contributed by atoms with Crippen LogP contribution in [-0.4, -0.2) is 12.4 Å². The molecule has 0 amide bonds. The summed E-state index contributed by atoms with van der Waals surface area (Å²) in [4.78, 5) is 5.81. The molecule has 0 saturated heterocycles. The zero-order valence-corrected chi connectivity index (χ0v) is 36.8. The van der Waals surface area contributed by atoms with E-state index in [0.29, 0.717) is 0 Å². The zero-order valence-electron chi connectivity index (χ0n) is 36.0. The van der Waals surface area contributed by atoms with Gasteiger partial charge in [0.25, 0.3) is 0 Å². The molecule has 61 heavy (non-hydrogen) atoms.